The molecule has 0 spiro atoms. The molecule has 0 saturated carbocycles. The van der Waals surface area contributed by atoms with Gasteiger partial charge in [-0.1, -0.05) is 48.0 Å². The van der Waals surface area contributed by atoms with Crippen molar-refractivity contribution in [2.24, 2.45) is 0 Å². The van der Waals surface area contributed by atoms with Gasteiger partial charge in [0, 0.05) is 5.69 Å². The predicted octanol–water partition coefficient (Wildman–Crippen LogP) is 3.66. The molecular formula is C22H21FN2O3S. The van der Waals surface area contributed by atoms with E-state index in [1.807, 2.05) is 49.4 Å². The maximum absolute atomic E-state index is 13.1. The highest BCUT2D eigenvalue weighted by atomic mass is 32.2. The number of aryl methyl sites for hydroxylation is 1. The van der Waals surface area contributed by atoms with E-state index in [2.05, 4.69) is 10.0 Å². The van der Waals surface area contributed by atoms with Crippen molar-refractivity contribution in [1.29, 1.82) is 0 Å². The number of carbonyl (C=O) groups excluding carboxylic acids is 1. The van der Waals surface area contributed by atoms with Crippen molar-refractivity contribution in [3.63, 3.8) is 0 Å². The van der Waals surface area contributed by atoms with Crippen LogP contribution in [0, 0.1) is 12.7 Å². The Morgan fingerprint density at radius 3 is 2.17 bits per heavy atom. The van der Waals surface area contributed by atoms with E-state index in [0.717, 1.165) is 35.4 Å². The zero-order valence-electron chi connectivity index (χ0n) is 15.8. The summed E-state index contributed by atoms with van der Waals surface area (Å²) in [6.45, 7) is 1.93. The molecule has 0 radical (unpaired) electrons. The summed E-state index contributed by atoms with van der Waals surface area (Å²) < 4.78 is 41.1. The first-order valence-electron chi connectivity index (χ1n) is 9.03. The van der Waals surface area contributed by atoms with Gasteiger partial charge in [0.15, 0.2) is 0 Å². The van der Waals surface area contributed by atoms with Crippen LogP contribution in [0.1, 0.15) is 11.1 Å². The minimum absolute atomic E-state index is 0.111. The predicted molar refractivity (Wildman–Crippen MR) is 110 cm³/mol. The van der Waals surface area contributed by atoms with E-state index in [0.29, 0.717) is 5.69 Å². The maximum Gasteiger partial charge on any atom is 0.242 e. The summed E-state index contributed by atoms with van der Waals surface area (Å²) in [6, 6.07) is 19.7. The number of benzene rings is 3. The number of nitrogens with one attached hydrogen (secondary N) is 2. The number of sulfonamides is 1. The molecule has 0 aliphatic rings. The fourth-order valence-electron chi connectivity index (χ4n) is 2.77. The Labute approximate surface area is 169 Å². The molecule has 3 aromatic carbocycles. The van der Waals surface area contributed by atoms with Crippen LogP contribution in [-0.4, -0.2) is 20.4 Å². The third-order valence-corrected chi connectivity index (χ3v) is 5.83. The van der Waals surface area contributed by atoms with Crippen LogP contribution in [0.25, 0.3) is 0 Å². The highest BCUT2D eigenvalue weighted by Crippen LogP contribution is 2.14. The van der Waals surface area contributed by atoms with Gasteiger partial charge in [0.25, 0.3) is 0 Å². The normalized spacial score (nSPS) is 12.3. The van der Waals surface area contributed by atoms with Gasteiger partial charge in [-0.2, -0.15) is 4.72 Å². The van der Waals surface area contributed by atoms with Crippen LogP contribution >= 0.6 is 0 Å². The molecule has 0 fully saturated rings. The van der Waals surface area contributed by atoms with E-state index >= 15 is 0 Å². The van der Waals surface area contributed by atoms with E-state index in [9.17, 15) is 17.6 Å². The van der Waals surface area contributed by atoms with Crippen molar-refractivity contribution in [3.8, 4) is 0 Å². The Morgan fingerprint density at radius 2 is 1.55 bits per heavy atom. The quantitative estimate of drug-likeness (QED) is 0.622. The van der Waals surface area contributed by atoms with E-state index < -0.39 is 27.8 Å². The fraction of sp³-hybridized carbons (Fsp3) is 0.136. The average Bonchev–Trinajstić information content (AvgIpc) is 2.70. The number of carbonyl (C=O) groups is 1. The number of hydrogen-bond donors (Lipinski definition) is 2. The summed E-state index contributed by atoms with van der Waals surface area (Å²) >= 11 is 0. The van der Waals surface area contributed by atoms with Crippen molar-refractivity contribution in [2.45, 2.75) is 24.3 Å². The minimum Gasteiger partial charge on any atom is -0.325 e. The van der Waals surface area contributed by atoms with Crippen LogP contribution in [0.15, 0.2) is 83.8 Å². The van der Waals surface area contributed by atoms with Gasteiger partial charge in [0.2, 0.25) is 15.9 Å². The molecule has 0 saturated heterocycles. The molecule has 0 aliphatic carbocycles. The first kappa shape index (κ1) is 20.7. The van der Waals surface area contributed by atoms with Crippen molar-refractivity contribution in [3.05, 3.63) is 95.8 Å². The van der Waals surface area contributed by atoms with Gasteiger partial charge in [0.1, 0.15) is 11.9 Å². The zero-order chi connectivity index (χ0) is 20.9. The smallest absolute Gasteiger partial charge is 0.242 e. The van der Waals surface area contributed by atoms with Crippen molar-refractivity contribution >= 4 is 21.6 Å². The molecule has 1 amide bonds. The lowest BCUT2D eigenvalue weighted by atomic mass is 10.1. The number of rotatable bonds is 7. The highest BCUT2D eigenvalue weighted by molar-refractivity contribution is 7.89. The van der Waals surface area contributed by atoms with Crippen molar-refractivity contribution in [1.82, 2.24) is 4.72 Å². The van der Waals surface area contributed by atoms with Gasteiger partial charge in [0.05, 0.1) is 4.90 Å². The summed E-state index contributed by atoms with van der Waals surface area (Å²) in [5.41, 5.74) is 2.42. The van der Waals surface area contributed by atoms with Crippen molar-refractivity contribution in [2.75, 3.05) is 5.32 Å². The minimum atomic E-state index is -4.02. The van der Waals surface area contributed by atoms with Crippen LogP contribution in [0.2, 0.25) is 0 Å². The molecule has 0 aliphatic heterocycles. The molecule has 0 aromatic heterocycles. The first-order valence-corrected chi connectivity index (χ1v) is 10.5. The molecule has 2 N–H and O–H groups in total. The number of halogens is 1. The molecule has 5 nitrogen and oxygen atoms in total. The molecule has 0 heterocycles. The molecule has 7 heteroatoms. The Balaban J connectivity index is 1.84. The van der Waals surface area contributed by atoms with E-state index in [1.54, 1.807) is 12.1 Å². The standard InChI is InChI=1S/C22H21FN2O3S/c1-16-7-11-19(12-8-16)24-22(26)21(15-17-5-3-2-4-6-17)25-29(27,28)20-13-9-18(23)10-14-20/h2-14,21,25H,15H2,1H3,(H,24,26)/t21-/m1/s1. The first-order chi connectivity index (χ1) is 13.8. The summed E-state index contributed by atoms with van der Waals surface area (Å²) in [6.07, 6.45) is 0.166. The summed E-state index contributed by atoms with van der Waals surface area (Å²) in [5, 5.41) is 2.75. The fourth-order valence-corrected chi connectivity index (χ4v) is 3.97. The Bertz CT molecular complexity index is 1070. The maximum atomic E-state index is 13.1. The average molecular weight is 412 g/mol. The molecule has 0 bridgehead atoms. The Kier molecular flexibility index (Phi) is 6.41. The third kappa shape index (κ3) is 5.73. The lowest BCUT2D eigenvalue weighted by Crippen LogP contribution is -2.45. The molecular weight excluding hydrogens is 391 g/mol. The summed E-state index contributed by atoms with van der Waals surface area (Å²) in [7, 11) is -4.02. The molecule has 3 aromatic rings. The molecule has 1 atom stereocenters. The molecule has 29 heavy (non-hydrogen) atoms. The van der Waals surface area contributed by atoms with Crippen LogP contribution in [0.5, 0.6) is 0 Å². The van der Waals surface area contributed by atoms with Gasteiger partial charge in [-0.15, -0.1) is 0 Å². The zero-order valence-corrected chi connectivity index (χ0v) is 16.6. The van der Waals surface area contributed by atoms with Crippen LogP contribution < -0.4 is 10.0 Å². The number of amides is 1. The summed E-state index contributed by atoms with van der Waals surface area (Å²) in [4.78, 5) is 12.8. The molecule has 3 rings (SSSR count). The van der Waals surface area contributed by atoms with Gasteiger partial charge in [-0.3, -0.25) is 4.79 Å². The Morgan fingerprint density at radius 1 is 0.931 bits per heavy atom. The van der Waals surface area contributed by atoms with Crippen LogP contribution in [-0.2, 0) is 21.2 Å². The van der Waals surface area contributed by atoms with Crippen molar-refractivity contribution < 1.29 is 17.6 Å². The second-order valence-electron chi connectivity index (χ2n) is 6.67. The number of anilines is 1. The monoisotopic (exact) mass is 412 g/mol. The second-order valence-corrected chi connectivity index (χ2v) is 8.39. The molecule has 0 unspecified atom stereocenters. The number of hydrogen-bond acceptors (Lipinski definition) is 3. The lowest BCUT2D eigenvalue weighted by molar-refractivity contribution is -0.117. The SMILES string of the molecule is Cc1ccc(NC(=O)[C@@H](Cc2ccccc2)NS(=O)(=O)c2ccc(F)cc2)cc1. The van der Waals surface area contributed by atoms with E-state index in [-0.39, 0.29) is 11.3 Å². The molecule has 150 valence electrons. The third-order valence-electron chi connectivity index (χ3n) is 4.34. The van der Waals surface area contributed by atoms with Gasteiger partial charge >= 0.3 is 0 Å². The summed E-state index contributed by atoms with van der Waals surface area (Å²) in [5.74, 6) is -1.02. The second kappa shape index (κ2) is 8.98. The Hall–Kier alpha value is -3.03. The lowest BCUT2D eigenvalue weighted by Gasteiger charge is -2.19. The van der Waals surface area contributed by atoms with Gasteiger partial charge < -0.3 is 5.32 Å². The van der Waals surface area contributed by atoms with Crippen LogP contribution in [0.3, 0.4) is 0 Å². The largest absolute Gasteiger partial charge is 0.325 e. The topological polar surface area (TPSA) is 75.3 Å². The van der Waals surface area contributed by atoms with E-state index in [1.165, 1.54) is 0 Å². The van der Waals surface area contributed by atoms with Gasteiger partial charge in [-0.25, -0.2) is 12.8 Å². The van der Waals surface area contributed by atoms with E-state index in [4.69, 9.17) is 0 Å². The van der Waals surface area contributed by atoms with Gasteiger partial charge in [-0.05, 0) is 55.3 Å². The highest BCUT2D eigenvalue weighted by Gasteiger charge is 2.26. The van der Waals surface area contributed by atoms with Crippen LogP contribution in [0.4, 0.5) is 10.1 Å².